The van der Waals surface area contributed by atoms with Gasteiger partial charge in [0, 0.05) is 29.7 Å². The average molecular weight is 618 g/mol. The molecule has 0 aromatic heterocycles. The molecule has 2 N–H and O–H groups in total. The van der Waals surface area contributed by atoms with Crippen LogP contribution >= 0.6 is 0 Å². The number of aryl methyl sites for hydroxylation is 2. The monoisotopic (exact) mass is 617 g/mol. The quantitative estimate of drug-likeness (QED) is 0.506. The molecule has 1 unspecified atom stereocenters. The predicted octanol–water partition coefficient (Wildman–Crippen LogP) is 4.73. The molecule has 0 bridgehead atoms. The summed E-state index contributed by atoms with van der Waals surface area (Å²) in [6, 6.07) is 8.05. The maximum Gasteiger partial charge on any atom is 0.416 e. The van der Waals surface area contributed by atoms with Crippen LogP contribution in [-0.2, 0) is 21.0 Å². The second kappa shape index (κ2) is 10.5. The van der Waals surface area contributed by atoms with Crippen LogP contribution < -0.4 is 15.5 Å². The maximum absolute atomic E-state index is 13.3. The number of benzene rings is 2. The van der Waals surface area contributed by atoms with Crippen LogP contribution in [-0.4, -0.2) is 60.7 Å². The van der Waals surface area contributed by atoms with Gasteiger partial charge in [0.2, 0.25) is 10.0 Å². The van der Waals surface area contributed by atoms with Gasteiger partial charge >= 0.3 is 12.2 Å². The van der Waals surface area contributed by atoms with Crippen LogP contribution in [0.25, 0.3) is 6.08 Å². The number of carbonyl (C=O) groups is 2. The summed E-state index contributed by atoms with van der Waals surface area (Å²) in [4.78, 5) is 31.7. The molecule has 3 amide bonds. The van der Waals surface area contributed by atoms with Gasteiger partial charge in [0.25, 0.3) is 5.91 Å². The van der Waals surface area contributed by atoms with Crippen molar-refractivity contribution in [3.63, 3.8) is 0 Å². The molecule has 2 aromatic rings. The van der Waals surface area contributed by atoms with Gasteiger partial charge < -0.3 is 10.6 Å². The number of carbonyl (C=O) groups excluding carboxylic acids is 2. The topological polar surface area (TPSA) is 111 Å². The Morgan fingerprint density at radius 3 is 2.23 bits per heavy atom. The van der Waals surface area contributed by atoms with Crippen LogP contribution in [0.3, 0.4) is 0 Å². The van der Waals surface area contributed by atoms with Gasteiger partial charge in [-0.25, -0.2) is 13.2 Å². The van der Waals surface area contributed by atoms with Gasteiger partial charge in [-0.3, -0.25) is 14.7 Å². The van der Waals surface area contributed by atoms with E-state index in [2.05, 4.69) is 15.6 Å². The van der Waals surface area contributed by atoms with Gasteiger partial charge in [-0.1, -0.05) is 12.1 Å². The third-order valence-corrected chi connectivity index (χ3v) is 10.3. The first-order chi connectivity index (χ1) is 19.9. The van der Waals surface area contributed by atoms with Crippen molar-refractivity contribution in [3.05, 3.63) is 69.6 Å². The number of amides is 3. The van der Waals surface area contributed by atoms with Crippen molar-refractivity contribution >= 4 is 39.6 Å². The van der Waals surface area contributed by atoms with Crippen molar-refractivity contribution in [2.24, 2.45) is 4.99 Å². The van der Waals surface area contributed by atoms with Crippen molar-refractivity contribution in [2.75, 3.05) is 18.0 Å². The van der Waals surface area contributed by atoms with E-state index in [4.69, 9.17) is 0 Å². The van der Waals surface area contributed by atoms with Gasteiger partial charge in [0.1, 0.15) is 11.4 Å². The molecule has 13 heteroatoms. The third-order valence-electron chi connectivity index (χ3n) is 8.78. The van der Waals surface area contributed by atoms with Gasteiger partial charge in [0.05, 0.1) is 17.1 Å². The molecule has 9 nitrogen and oxygen atoms in total. The largest absolute Gasteiger partial charge is 0.416 e. The van der Waals surface area contributed by atoms with Crippen LogP contribution in [0, 0.1) is 13.8 Å². The number of alkyl halides is 3. The first-order valence-corrected chi connectivity index (χ1v) is 15.4. The number of piperidine rings is 1. The third kappa shape index (κ3) is 5.55. The molecule has 3 aliphatic heterocycles. The fourth-order valence-corrected chi connectivity index (χ4v) is 7.03. The Morgan fingerprint density at radius 2 is 1.67 bits per heavy atom. The first kappa shape index (κ1) is 30.7. The van der Waals surface area contributed by atoms with E-state index in [9.17, 15) is 31.2 Å². The lowest BCUT2D eigenvalue weighted by Gasteiger charge is -2.34. The summed E-state index contributed by atoms with van der Waals surface area (Å²) in [6.07, 6.45) is -2.82. The first-order valence-electron chi connectivity index (χ1n) is 13.9. The van der Waals surface area contributed by atoms with E-state index in [1.165, 1.54) is 22.5 Å². The number of nitrogens with zero attached hydrogens (tertiary/aromatic N) is 3. The lowest BCUT2D eigenvalue weighted by Crippen LogP contribution is -2.50. The molecular formula is C30H34F3N5O4S. The van der Waals surface area contributed by atoms with E-state index in [-0.39, 0.29) is 49.4 Å². The molecule has 0 aliphatic carbocycles. The van der Waals surface area contributed by atoms with Crippen LogP contribution in [0.2, 0.25) is 0 Å². The van der Waals surface area contributed by atoms with E-state index < -0.39 is 38.7 Å². The number of rotatable bonds is 5. The average Bonchev–Trinajstić information content (AvgIpc) is 3.33. The second-order valence-corrected chi connectivity index (χ2v) is 13.7. The van der Waals surface area contributed by atoms with Crippen molar-refractivity contribution < 1.29 is 31.2 Å². The molecule has 3 aliphatic rings. The van der Waals surface area contributed by atoms with E-state index in [0.717, 1.165) is 39.9 Å². The van der Waals surface area contributed by atoms with Crippen molar-refractivity contribution in [1.82, 2.24) is 14.9 Å². The summed E-state index contributed by atoms with van der Waals surface area (Å²) in [5.41, 5.74) is 0.655. The molecule has 1 atom stereocenters. The minimum Gasteiger partial charge on any atom is -0.333 e. The van der Waals surface area contributed by atoms with Crippen LogP contribution in [0.5, 0.6) is 0 Å². The minimum absolute atomic E-state index is 0.0215. The Morgan fingerprint density at radius 1 is 1.05 bits per heavy atom. The highest BCUT2D eigenvalue weighted by Gasteiger charge is 2.48. The Kier molecular flexibility index (Phi) is 7.49. The van der Waals surface area contributed by atoms with Gasteiger partial charge in [0.15, 0.2) is 0 Å². The predicted molar refractivity (Wildman–Crippen MR) is 158 cm³/mol. The highest BCUT2D eigenvalue weighted by atomic mass is 32.2. The molecule has 0 radical (unpaired) electrons. The number of nitrogens with one attached hydrogen (secondary N) is 2. The SMILES string of the molecule is Cc1cc(N2C(=O)NC(C)C2(C)C)cc(C)c1/C=C/S(=O)(=O)N1CCC2(CC1)N=C(c1cccc(C(F)(F)F)c1)NC2=O. The summed E-state index contributed by atoms with van der Waals surface area (Å²) >= 11 is 0. The Bertz CT molecular complexity index is 1630. The van der Waals surface area contributed by atoms with E-state index in [1.54, 1.807) is 4.90 Å². The zero-order chi connectivity index (χ0) is 31.5. The molecule has 2 fully saturated rings. The Hall–Kier alpha value is -3.71. The molecule has 230 valence electrons. The number of sulfonamides is 1. The van der Waals surface area contributed by atoms with E-state index in [0.29, 0.717) is 0 Å². The van der Waals surface area contributed by atoms with Crippen molar-refractivity contribution in [2.45, 2.75) is 70.8 Å². The molecule has 43 heavy (non-hydrogen) atoms. The molecule has 2 saturated heterocycles. The minimum atomic E-state index is -4.54. The fraction of sp³-hybridized carbons (Fsp3) is 0.433. The zero-order valence-electron chi connectivity index (χ0n) is 24.5. The number of anilines is 1. The smallest absolute Gasteiger partial charge is 0.333 e. The molecule has 5 rings (SSSR count). The van der Waals surface area contributed by atoms with Gasteiger partial charge in [-0.05, 0) is 94.5 Å². The van der Waals surface area contributed by atoms with Crippen LogP contribution in [0.1, 0.15) is 61.4 Å². The lowest BCUT2D eigenvalue weighted by molar-refractivity contribution is -0.137. The molecule has 3 heterocycles. The fourth-order valence-electron chi connectivity index (χ4n) is 5.86. The van der Waals surface area contributed by atoms with E-state index in [1.807, 2.05) is 46.8 Å². The summed E-state index contributed by atoms with van der Waals surface area (Å²) in [6.45, 7) is 9.67. The van der Waals surface area contributed by atoms with E-state index >= 15 is 0 Å². The molecule has 2 aromatic carbocycles. The lowest BCUT2D eigenvalue weighted by atomic mass is 9.89. The molecular weight excluding hydrogens is 583 g/mol. The standard InChI is InChI=1S/C30H34F3N5O4S/c1-18-15-23(38-27(40)34-20(3)28(38,4)5)16-19(2)24(18)9-14-43(41,42)37-12-10-29(11-13-37)26(39)35-25(36-29)21-7-6-8-22(17-21)30(31,32)33/h6-9,14-17,20H,10-13H2,1-5H3,(H,34,40)(H,35,36,39)/b14-9+. The van der Waals surface area contributed by atoms with Crippen LogP contribution in [0.15, 0.2) is 46.8 Å². The number of halogens is 3. The summed E-state index contributed by atoms with van der Waals surface area (Å²) in [5.74, 6) is -0.408. The van der Waals surface area contributed by atoms with Gasteiger partial charge in [-0.15, -0.1) is 0 Å². The number of hydrogen-bond donors (Lipinski definition) is 2. The Labute approximate surface area is 248 Å². The van der Waals surface area contributed by atoms with Crippen LogP contribution in [0.4, 0.5) is 23.7 Å². The zero-order valence-corrected chi connectivity index (χ0v) is 25.4. The number of aliphatic imine (C=N–C) groups is 1. The Balaban J connectivity index is 1.31. The van der Waals surface area contributed by atoms with Crippen molar-refractivity contribution in [3.8, 4) is 0 Å². The normalized spacial score (nSPS) is 22.3. The molecule has 1 spiro atoms. The summed E-state index contributed by atoms with van der Waals surface area (Å²) < 4.78 is 67.3. The second-order valence-electron chi connectivity index (χ2n) is 11.9. The van der Waals surface area contributed by atoms with Gasteiger partial charge in [-0.2, -0.15) is 17.5 Å². The summed E-state index contributed by atoms with van der Waals surface area (Å²) in [5, 5.41) is 6.67. The number of urea groups is 1. The highest BCUT2D eigenvalue weighted by molar-refractivity contribution is 7.92. The number of hydrogen-bond acceptors (Lipinski definition) is 5. The summed E-state index contributed by atoms with van der Waals surface area (Å²) in [7, 11) is -3.85. The number of amidine groups is 1. The maximum atomic E-state index is 13.3. The highest BCUT2D eigenvalue weighted by Crippen LogP contribution is 2.36. The van der Waals surface area contributed by atoms with Crippen molar-refractivity contribution in [1.29, 1.82) is 0 Å². The molecule has 0 saturated carbocycles.